The van der Waals surface area contributed by atoms with Crippen molar-refractivity contribution < 1.29 is 4.79 Å². The number of nitrogens with two attached hydrogens (primary N) is 1. The van der Waals surface area contributed by atoms with Crippen LogP contribution in [0.2, 0.25) is 0 Å². The van der Waals surface area contributed by atoms with Crippen LogP contribution in [0.4, 0.5) is 5.69 Å². The molecular formula is C15H23N3O. The SMILES string of the molecule is CCC1C(=O)NCCN1CCCc1cccc(N)c1. The summed E-state index contributed by atoms with van der Waals surface area (Å²) in [6.07, 6.45) is 2.96. The lowest BCUT2D eigenvalue weighted by molar-refractivity contribution is -0.129. The molecule has 104 valence electrons. The molecule has 0 aromatic heterocycles. The van der Waals surface area contributed by atoms with Gasteiger partial charge in [0.1, 0.15) is 0 Å². The third-order valence-electron chi connectivity index (χ3n) is 3.69. The van der Waals surface area contributed by atoms with E-state index in [9.17, 15) is 4.79 Å². The summed E-state index contributed by atoms with van der Waals surface area (Å²) in [5.41, 5.74) is 7.86. The number of aryl methyl sites for hydroxylation is 1. The molecule has 1 unspecified atom stereocenters. The Morgan fingerprint density at radius 1 is 1.47 bits per heavy atom. The summed E-state index contributed by atoms with van der Waals surface area (Å²) in [7, 11) is 0. The summed E-state index contributed by atoms with van der Waals surface area (Å²) >= 11 is 0. The highest BCUT2D eigenvalue weighted by Gasteiger charge is 2.27. The van der Waals surface area contributed by atoms with Gasteiger partial charge in [0.25, 0.3) is 0 Å². The minimum atomic E-state index is 0.0505. The molecule has 1 aliphatic rings. The molecule has 4 heteroatoms. The van der Waals surface area contributed by atoms with Crippen molar-refractivity contribution in [1.29, 1.82) is 0 Å². The van der Waals surface area contributed by atoms with E-state index in [-0.39, 0.29) is 11.9 Å². The largest absolute Gasteiger partial charge is 0.399 e. The summed E-state index contributed by atoms with van der Waals surface area (Å²) in [6.45, 7) is 4.77. The van der Waals surface area contributed by atoms with E-state index in [2.05, 4.69) is 23.2 Å². The third kappa shape index (κ3) is 3.70. The van der Waals surface area contributed by atoms with Gasteiger partial charge < -0.3 is 11.1 Å². The second-order valence-electron chi connectivity index (χ2n) is 5.10. The molecule has 1 fully saturated rings. The highest BCUT2D eigenvalue weighted by Crippen LogP contribution is 2.12. The quantitative estimate of drug-likeness (QED) is 0.788. The zero-order chi connectivity index (χ0) is 13.7. The number of nitrogens with one attached hydrogen (secondary N) is 1. The molecule has 1 aliphatic heterocycles. The molecule has 3 N–H and O–H groups in total. The Morgan fingerprint density at radius 3 is 3.05 bits per heavy atom. The Kier molecular flexibility index (Phi) is 4.80. The van der Waals surface area contributed by atoms with E-state index >= 15 is 0 Å². The lowest BCUT2D eigenvalue weighted by atomic mass is 10.1. The molecular weight excluding hydrogens is 238 g/mol. The number of amides is 1. The lowest BCUT2D eigenvalue weighted by Gasteiger charge is -2.34. The van der Waals surface area contributed by atoms with E-state index in [1.165, 1.54) is 5.56 Å². The van der Waals surface area contributed by atoms with Crippen molar-refractivity contribution in [2.75, 3.05) is 25.4 Å². The van der Waals surface area contributed by atoms with Crippen LogP contribution >= 0.6 is 0 Å². The molecule has 1 saturated heterocycles. The number of piperazine rings is 1. The van der Waals surface area contributed by atoms with Crippen LogP contribution < -0.4 is 11.1 Å². The standard InChI is InChI=1S/C15H23N3O/c1-2-14-15(19)17-8-10-18(14)9-4-6-12-5-3-7-13(16)11-12/h3,5,7,11,14H,2,4,6,8-10,16H2,1H3,(H,17,19). The number of hydrogen-bond donors (Lipinski definition) is 2. The van der Waals surface area contributed by atoms with E-state index in [4.69, 9.17) is 5.73 Å². The number of benzene rings is 1. The zero-order valence-corrected chi connectivity index (χ0v) is 11.6. The third-order valence-corrected chi connectivity index (χ3v) is 3.69. The molecule has 1 atom stereocenters. The summed E-state index contributed by atoms with van der Waals surface area (Å²) in [6, 6.07) is 8.09. The molecule has 0 aliphatic carbocycles. The van der Waals surface area contributed by atoms with E-state index in [1.54, 1.807) is 0 Å². The second-order valence-corrected chi connectivity index (χ2v) is 5.10. The van der Waals surface area contributed by atoms with Crippen LogP contribution in [0, 0.1) is 0 Å². The molecule has 1 heterocycles. The highest BCUT2D eigenvalue weighted by atomic mass is 16.2. The summed E-state index contributed by atoms with van der Waals surface area (Å²) < 4.78 is 0. The first-order valence-electron chi connectivity index (χ1n) is 7.07. The fraction of sp³-hybridized carbons (Fsp3) is 0.533. The monoisotopic (exact) mass is 261 g/mol. The number of anilines is 1. The van der Waals surface area contributed by atoms with Gasteiger partial charge in [-0.05, 0) is 43.5 Å². The van der Waals surface area contributed by atoms with Gasteiger partial charge in [0.15, 0.2) is 0 Å². The predicted molar refractivity (Wildman–Crippen MR) is 77.8 cm³/mol. The molecule has 4 nitrogen and oxygen atoms in total. The first-order valence-corrected chi connectivity index (χ1v) is 7.07. The maximum absolute atomic E-state index is 11.7. The number of nitrogen functional groups attached to an aromatic ring is 1. The van der Waals surface area contributed by atoms with Gasteiger partial charge in [0, 0.05) is 18.8 Å². The summed E-state index contributed by atoms with van der Waals surface area (Å²) in [4.78, 5) is 14.0. The van der Waals surface area contributed by atoms with Gasteiger partial charge in [-0.25, -0.2) is 0 Å². The fourth-order valence-corrected chi connectivity index (χ4v) is 2.71. The highest BCUT2D eigenvalue weighted by molar-refractivity contribution is 5.82. The van der Waals surface area contributed by atoms with Crippen molar-refractivity contribution in [3.63, 3.8) is 0 Å². The normalized spacial score (nSPS) is 20.3. The summed E-state index contributed by atoms with van der Waals surface area (Å²) in [5, 5.41) is 2.93. The molecule has 1 aromatic carbocycles. The van der Waals surface area contributed by atoms with E-state index in [0.717, 1.165) is 44.6 Å². The maximum Gasteiger partial charge on any atom is 0.237 e. The minimum absolute atomic E-state index is 0.0505. The van der Waals surface area contributed by atoms with Gasteiger partial charge in [0.05, 0.1) is 6.04 Å². The number of rotatable bonds is 5. The topological polar surface area (TPSA) is 58.4 Å². The van der Waals surface area contributed by atoms with Crippen LogP contribution in [0.25, 0.3) is 0 Å². The van der Waals surface area contributed by atoms with Gasteiger partial charge in [-0.1, -0.05) is 19.1 Å². The van der Waals surface area contributed by atoms with Crippen molar-refractivity contribution >= 4 is 11.6 Å². The fourth-order valence-electron chi connectivity index (χ4n) is 2.71. The molecule has 0 bridgehead atoms. The maximum atomic E-state index is 11.7. The number of carbonyl (C=O) groups is 1. The van der Waals surface area contributed by atoms with Crippen LogP contribution in [0.3, 0.4) is 0 Å². The average molecular weight is 261 g/mol. The molecule has 0 saturated carbocycles. The van der Waals surface area contributed by atoms with E-state index in [1.807, 2.05) is 18.2 Å². The van der Waals surface area contributed by atoms with Crippen molar-refractivity contribution in [3.8, 4) is 0 Å². The Morgan fingerprint density at radius 2 is 2.32 bits per heavy atom. The van der Waals surface area contributed by atoms with Gasteiger partial charge in [0.2, 0.25) is 5.91 Å². The van der Waals surface area contributed by atoms with E-state index in [0.29, 0.717) is 0 Å². The molecule has 0 radical (unpaired) electrons. The number of carbonyl (C=O) groups excluding carboxylic acids is 1. The van der Waals surface area contributed by atoms with Crippen LogP contribution in [-0.4, -0.2) is 36.5 Å². The van der Waals surface area contributed by atoms with Crippen molar-refractivity contribution in [2.45, 2.75) is 32.2 Å². The Hall–Kier alpha value is -1.55. The van der Waals surface area contributed by atoms with E-state index < -0.39 is 0 Å². The van der Waals surface area contributed by atoms with Crippen LogP contribution in [-0.2, 0) is 11.2 Å². The molecule has 0 spiro atoms. The smallest absolute Gasteiger partial charge is 0.237 e. The minimum Gasteiger partial charge on any atom is -0.399 e. The van der Waals surface area contributed by atoms with Gasteiger partial charge in [-0.15, -0.1) is 0 Å². The summed E-state index contributed by atoms with van der Waals surface area (Å²) in [5.74, 6) is 0.178. The average Bonchev–Trinajstić information content (AvgIpc) is 2.39. The van der Waals surface area contributed by atoms with Gasteiger partial charge >= 0.3 is 0 Å². The first-order chi connectivity index (χ1) is 9.20. The molecule has 1 amide bonds. The zero-order valence-electron chi connectivity index (χ0n) is 11.6. The van der Waals surface area contributed by atoms with Crippen molar-refractivity contribution in [1.82, 2.24) is 10.2 Å². The second kappa shape index (κ2) is 6.57. The van der Waals surface area contributed by atoms with Crippen molar-refractivity contribution in [2.24, 2.45) is 0 Å². The molecule has 19 heavy (non-hydrogen) atoms. The van der Waals surface area contributed by atoms with Crippen molar-refractivity contribution in [3.05, 3.63) is 29.8 Å². The Labute approximate surface area is 115 Å². The van der Waals surface area contributed by atoms with Crippen LogP contribution in [0.1, 0.15) is 25.3 Å². The van der Waals surface area contributed by atoms with Gasteiger partial charge in [-0.3, -0.25) is 9.69 Å². The van der Waals surface area contributed by atoms with Crippen LogP contribution in [0.5, 0.6) is 0 Å². The first kappa shape index (κ1) is 13.9. The molecule has 1 aromatic rings. The number of nitrogens with zero attached hydrogens (tertiary/aromatic N) is 1. The van der Waals surface area contributed by atoms with Gasteiger partial charge in [-0.2, -0.15) is 0 Å². The van der Waals surface area contributed by atoms with Crippen LogP contribution in [0.15, 0.2) is 24.3 Å². The Bertz CT molecular complexity index is 433. The number of hydrogen-bond acceptors (Lipinski definition) is 3. The lowest BCUT2D eigenvalue weighted by Crippen LogP contribution is -2.55. The predicted octanol–water partition coefficient (Wildman–Crippen LogP) is 1.41. The molecule has 2 rings (SSSR count). The Balaban J connectivity index is 1.83.